The second-order valence-electron chi connectivity index (χ2n) is 5.79. The third-order valence-electron chi connectivity index (χ3n) is 4.30. The van der Waals surface area contributed by atoms with Crippen LogP contribution in [0.3, 0.4) is 0 Å². The summed E-state index contributed by atoms with van der Waals surface area (Å²) in [5.74, 6) is -0.717. The molecule has 1 unspecified atom stereocenters. The largest absolute Gasteiger partial charge is 0.451 e. The van der Waals surface area contributed by atoms with Gasteiger partial charge in [-0.15, -0.1) is 11.3 Å². The first-order valence-corrected chi connectivity index (χ1v) is 9.01. The quantitative estimate of drug-likeness (QED) is 0.768. The van der Waals surface area contributed by atoms with E-state index in [4.69, 9.17) is 16.3 Å². The van der Waals surface area contributed by atoms with E-state index < -0.39 is 5.97 Å². The molecule has 0 spiro atoms. The molecule has 1 amide bonds. The zero-order valence-corrected chi connectivity index (χ0v) is 14.9. The molecule has 0 bridgehead atoms. The summed E-state index contributed by atoms with van der Waals surface area (Å²) in [6.45, 7) is -0.260. The van der Waals surface area contributed by atoms with Crippen molar-refractivity contribution in [2.75, 3.05) is 13.7 Å². The number of fused-ring (bicyclic) bond motifs is 1. The van der Waals surface area contributed by atoms with Crippen molar-refractivity contribution in [3.63, 3.8) is 0 Å². The number of ether oxygens (including phenoxy) is 1. The van der Waals surface area contributed by atoms with Crippen LogP contribution < -0.4 is 0 Å². The molecular formula is C18H18ClNO3S. The van der Waals surface area contributed by atoms with Gasteiger partial charge in [0.25, 0.3) is 5.91 Å². The predicted molar refractivity (Wildman–Crippen MR) is 94.5 cm³/mol. The van der Waals surface area contributed by atoms with E-state index in [1.165, 1.54) is 11.1 Å². The van der Waals surface area contributed by atoms with E-state index in [1.54, 1.807) is 24.1 Å². The Balaban J connectivity index is 1.62. The van der Waals surface area contributed by atoms with Crippen molar-refractivity contribution in [3.05, 3.63) is 56.7 Å². The number of aryl methyl sites for hydroxylation is 1. The number of rotatable bonds is 4. The molecular weight excluding hydrogens is 346 g/mol. The lowest BCUT2D eigenvalue weighted by Gasteiger charge is -2.33. The fourth-order valence-electron chi connectivity index (χ4n) is 3.03. The van der Waals surface area contributed by atoms with E-state index in [1.807, 2.05) is 12.1 Å². The summed E-state index contributed by atoms with van der Waals surface area (Å²) in [6.07, 6.45) is 3.02. The molecule has 0 N–H and O–H groups in total. The Hall–Kier alpha value is -1.85. The van der Waals surface area contributed by atoms with E-state index >= 15 is 0 Å². The first-order valence-electron chi connectivity index (χ1n) is 7.82. The van der Waals surface area contributed by atoms with Crippen LogP contribution in [0.5, 0.6) is 0 Å². The minimum atomic E-state index is -0.516. The molecule has 4 nitrogen and oxygen atoms in total. The number of halogens is 1. The van der Waals surface area contributed by atoms with Crippen LogP contribution in [0, 0.1) is 0 Å². The maximum atomic E-state index is 12.4. The maximum absolute atomic E-state index is 12.4. The molecule has 0 saturated carbocycles. The van der Waals surface area contributed by atoms with Crippen molar-refractivity contribution in [3.8, 4) is 0 Å². The van der Waals surface area contributed by atoms with Crippen molar-refractivity contribution in [2.24, 2.45) is 0 Å². The lowest BCUT2D eigenvalue weighted by Crippen LogP contribution is -2.36. The van der Waals surface area contributed by atoms with Crippen LogP contribution in [-0.4, -0.2) is 30.4 Å². The van der Waals surface area contributed by atoms with Gasteiger partial charge in [-0.3, -0.25) is 4.79 Å². The summed E-state index contributed by atoms with van der Waals surface area (Å²) in [4.78, 5) is 26.4. The molecule has 24 heavy (non-hydrogen) atoms. The van der Waals surface area contributed by atoms with Crippen LogP contribution in [0.1, 0.15) is 39.7 Å². The number of amides is 1. The number of hydrogen-bond donors (Lipinski definition) is 0. The predicted octanol–water partition coefficient (Wildman–Crippen LogP) is 4.09. The molecule has 126 valence electrons. The van der Waals surface area contributed by atoms with Gasteiger partial charge in [0.1, 0.15) is 4.88 Å². The highest BCUT2D eigenvalue weighted by molar-refractivity contribution is 7.17. The van der Waals surface area contributed by atoms with Crippen LogP contribution in [0.2, 0.25) is 4.34 Å². The standard InChI is InChI=1S/C18H18ClNO3S/c1-20(14-8-4-6-12-5-2-3-7-13(12)14)17(21)11-23-18(22)15-9-10-16(19)24-15/h2-3,5,7,9-10,14H,4,6,8,11H2,1H3. The number of carbonyl (C=O) groups excluding carboxylic acids is 2. The van der Waals surface area contributed by atoms with Gasteiger partial charge in [-0.1, -0.05) is 35.9 Å². The molecule has 0 fully saturated rings. The molecule has 0 aliphatic heterocycles. The Morgan fingerprint density at radius 3 is 2.83 bits per heavy atom. The molecule has 2 aromatic rings. The lowest BCUT2D eigenvalue weighted by molar-refractivity contribution is -0.135. The molecule has 1 aromatic heterocycles. The summed E-state index contributed by atoms with van der Waals surface area (Å²) in [5, 5.41) is 0. The minimum Gasteiger partial charge on any atom is -0.451 e. The molecule has 1 aliphatic rings. The molecule has 6 heteroatoms. The number of hydrogen-bond acceptors (Lipinski definition) is 4. The smallest absolute Gasteiger partial charge is 0.348 e. The Kier molecular flexibility index (Phi) is 5.21. The second-order valence-corrected chi connectivity index (χ2v) is 7.51. The van der Waals surface area contributed by atoms with Gasteiger partial charge in [0.2, 0.25) is 0 Å². The van der Waals surface area contributed by atoms with Gasteiger partial charge in [0, 0.05) is 7.05 Å². The van der Waals surface area contributed by atoms with Crippen LogP contribution in [0.25, 0.3) is 0 Å². The minimum absolute atomic E-state index is 0.0392. The molecule has 1 heterocycles. The van der Waals surface area contributed by atoms with Gasteiger partial charge < -0.3 is 9.64 Å². The molecule has 1 aromatic carbocycles. The van der Waals surface area contributed by atoms with Gasteiger partial charge in [0.15, 0.2) is 6.61 Å². The summed E-state index contributed by atoms with van der Waals surface area (Å²) >= 11 is 6.94. The van der Waals surface area contributed by atoms with E-state index in [9.17, 15) is 9.59 Å². The van der Waals surface area contributed by atoms with Crippen molar-refractivity contribution >= 4 is 34.8 Å². The fraction of sp³-hybridized carbons (Fsp3) is 0.333. The molecule has 0 radical (unpaired) electrons. The third kappa shape index (κ3) is 3.62. The molecule has 1 aliphatic carbocycles. The Labute approximate surface area is 150 Å². The normalized spacial score (nSPS) is 16.3. The number of carbonyl (C=O) groups is 2. The average molecular weight is 364 g/mol. The summed E-state index contributed by atoms with van der Waals surface area (Å²) in [7, 11) is 1.77. The zero-order chi connectivity index (χ0) is 17.1. The molecule has 0 saturated heterocycles. The van der Waals surface area contributed by atoms with Gasteiger partial charge in [0.05, 0.1) is 10.4 Å². The average Bonchev–Trinajstić information content (AvgIpc) is 3.04. The van der Waals surface area contributed by atoms with E-state index in [2.05, 4.69) is 12.1 Å². The van der Waals surface area contributed by atoms with E-state index in [-0.39, 0.29) is 18.6 Å². The summed E-state index contributed by atoms with van der Waals surface area (Å²) in [6, 6.07) is 11.5. The molecule has 1 atom stereocenters. The van der Waals surface area contributed by atoms with E-state index in [0.29, 0.717) is 9.21 Å². The number of benzene rings is 1. The first kappa shape index (κ1) is 17.0. The Morgan fingerprint density at radius 1 is 1.29 bits per heavy atom. The lowest BCUT2D eigenvalue weighted by atomic mass is 9.87. The Bertz CT molecular complexity index is 758. The van der Waals surface area contributed by atoms with Crippen LogP contribution in [0.4, 0.5) is 0 Å². The third-order valence-corrected chi connectivity index (χ3v) is 5.51. The second kappa shape index (κ2) is 7.36. The van der Waals surface area contributed by atoms with Crippen LogP contribution in [-0.2, 0) is 16.0 Å². The van der Waals surface area contributed by atoms with Crippen molar-refractivity contribution in [1.29, 1.82) is 0 Å². The van der Waals surface area contributed by atoms with Crippen molar-refractivity contribution in [2.45, 2.75) is 25.3 Å². The number of nitrogens with zero attached hydrogens (tertiary/aromatic N) is 1. The van der Waals surface area contributed by atoms with E-state index in [0.717, 1.165) is 30.6 Å². The topological polar surface area (TPSA) is 46.6 Å². The molecule has 3 rings (SSSR count). The highest BCUT2D eigenvalue weighted by Gasteiger charge is 2.27. The number of likely N-dealkylation sites (N-methyl/N-ethyl adjacent to an activating group) is 1. The summed E-state index contributed by atoms with van der Waals surface area (Å²) < 4.78 is 5.64. The fourth-order valence-corrected chi connectivity index (χ4v) is 3.97. The van der Waals surface area contributed by atoms with Gasteiger partial charge >= 0.3 is 5.97 Å². The number of esters is 1. The van der Waals surface area contributed by atoms with Crippen molar-refractivity contribution < 1.29 is 14.3 Å². The van der Waals surface area contributed by atoms with Crippen LogP contribution >= 0.6 is 22.9 Å². The maximum Gasteiger partial charge on any atom is 0.348 e. The van der Waals surface area contributed by atoms with Gasteiger partial charge in [-0.2, -0.15) is 0 Å². The van der Waals surface area contributed by atoms with Crippen LogP contribution in [0.15, 0.2) is 36.4 Å². The highest BCUT2D eigenvalue weighted by atomic mass is 35.5. The highest BCUT2D eigenvalue weighted by Crippen LogP contribution is 2.33. The van der Waals surface area contributed by atoms with Gasteiger partial charge in [-0.25, -0.2) is 4.79 Å². The monoisotopic (exact) mass is 363 g/mol. The van der Waals surface area contributed by atoms with Crippen molar-refractivity contribution in [1.82, 2.24) is 4.90 Å². The SMILES string of the molecule is CN(C(=O)COC(=O)c1ccc(Cl)s1)C1CCCc2ccccc21. The number of thiophene rings is 1. The Morgan fingerprint density at radius 2 is 2.08 bits per heavy atom. The van der Waals surface area contributed by atoms with Gasteiger partial charge in [-0.05, 0) is 42.5 Å². The first-order chi connectivity index (χ1) is 11.6. The summed E-state index contributed by atoms with van der Waals surface area (Å²) in [5.41, 5.74) is 2.48. The zero-order valence-electron chi connectivity index (χ0n) is 13.3.